The monoisotopic (exact) mass is 445 g/mol. The van der Waals surface area contributed by atoms with Gasteiger partial charge in [0.25, 0.3) is 0 Å². The Morgan fingerprint density at radius 1 is 1.10 bits per heavy atom. The van der Waals surface area contributed by atoms with Crippen LogP contribution in [0.25, 0.3) is 0 Å². The number of nitrogens with zero attached hydrogens (tertiary/aromatic N) is 1. The maximum absolute atomic E-state index is 13.0. The van der Waals surface area contributed by atoms with E-state index in [0.29, 0.717) is 30.8 Å². The first-order valence-corrected chi connectivity index (χ1v) is 11.5. The molecule has 0 radical (unpaired) electrons. The third kappa shape index (κ3) is 5.23. The van der Waals surface area contributed by atoms with Crippen LogP contribution in [0, 0.1) is 13.8 Å². The molecule has 1 heterocycles. The topological polar surface area (TPSA) is 105 Å². The van der Waals surface area contributed by atoms with Crippen LogP contribution in [0.3, 0.4) is 0 Å². The predicted molar refractivity (Wildman–Crippen MR) is 117 cm³/mol. The molecule has 1 fully saturated rings. The third-order valence-electron chi connectivity index (χ3n) is 5.32. The van der Waals surface area contributed by atoms with Gasteiger partial charge >= 0.3 is 11.8 Å². The maximum Gasteiger partial charge on any atom is 0.313 e. The summed E-state index contributed by atoms with van der Waals surface area (Å²) in [6.07, 6.45) is 1.29. The highest BCUT2D eigenvalue weighted by atomic mass is 32.2. The summed E-state index contributed by atoms with van der Waals surface area (Å²) >= 11 is 0. The molecule has 0 aromatic heterocycles. The number of hydrogen-bond acceptors (Lipinski definition) is 5. The maximum atomic E-state index is 13.0. The van der Waals surface area contributed by atoms with Crippen LogP contribution >= 0.6 is 0 Å². The second kappa shape index (κ2) is 9.49. The minimum absolute atomic E-state index is 0.0640. The number of methoxy groups -OCH3 is 1. The van der Waals surface area contributed by atoms with Gasteiger partial charge in [0.15, 0.2) is 0 Å². The number of carbonyl (C=O) groups excluding carboxylic acids is 2. The van der Waals surface area contributed by atoms with Gasteiger partial charge in [-0.2, -0.15) is 4.31 Å². The van der Waals surface area contributed by atoms with E-state index in [1.807, 2.05) is 26.0 Å². The number of nitrogens with one attached hydrogen (secondary N) is 2. The van der Waals surface area contributed by atoms with E-state index in [2.05, 4.69) is 10.6 Å². The van der Waals surface area contributed by atoms with E-state index >= 15 is 0 Å². The largest absolute Gasteiger partial charge is 0.497 e. The van der Waals surface area contributed by atoms with Gasteiger partial charge in [0.2, 0.25) is 10.0 Å². The van der Waals surface area contributed by atoms with Crippen molar-refractivity contribution in [2.75, 3.05) is 25.5 Å². The molecule has 8 nitrogen and oxygen atoms in total. The van der Waals surface area contributed by atoms with Gasteiger partial charge in [-0.15, -0.1) is 0 Å². The highest BCUT2D eigenvalue weighted by Crippen LogP contribution is 2.27. The molecule has 0 bridgehead atoms. The predicted octanol–water partition coefficient (Wildman–Crippen LogP) is 2.22. The molecule has 0 aliphatic carbocycles. The highest BCUT2D eigenvalue weighted by molar-refractivity contribution is 7.89. The molecule has 2 aromatic carbocycles. The molecule has 3 rings (SSSR count). The Hall–Kier alpha value is -2.91. The van der Waals surface area contributed by atoms with Crippen LogP contribution in [0.5, 0.6) is 5.75 Å². The van der Waals surface area contributed by atoms with Gasteiger partial charge in [-0.3, -0.25) is 9.59 Å². The van der Waals surface area contributed by atoms with E-state index in [-0.39, 0.29) is 11.4 Å². The summed E-state index contributed by atoms with van der Waals surface area (Å²) in [5.74, 6) is -1.01. The van der Waals surface area contributed by atoms with E-state index in [1.165, 1.54) is 23.5 Å². The molecule has 0 unspecified atom stereocenters. The molecule has 1 atom stereocenters. The van der Waals surface area contributed by atoms with Crippen molar-refractivity contribution < 1.29 is 22.7 Å². The summed E-state index contributed by atoms with van der Waals surface area (Å²) in [4.78, 5) is 24.7. The minimum Gasteiger partial charge on any atom is -0.497 e. The summed E-state index contributed by atoms with van der Waals surface area (Å²) in [6, 6.07) is 11.3. The number of hydrogen-bond donors (Lipinski definition) is 2. The van der Waals surface area contributed by atoms with Crippen LogP contribution in [0.2, 0.25) is 0 Å². The molecule has 2 amide bonds. The normalized spacial score (nSPS) is 16.7. The Balaban J connectivity index is 1.62. The van der Waals surface area contributed by atoms with Crippen LogP contribution in [0.4, 0.5) is 5.69 Å². The molecule has 0 spiro atoms. The number of anilines is 1. The van der Waals surface area contributed by atoms with E-state index in [4.69, 9.17) is 4.74 Å². The molecule has 31 heavy (non-hydrogen) atoms. The van der Waals surface area contributed by atoms with Gasteiger partial charge in [-0.25, -0.2) is 8.42 Å². The first-order chi connectivity index (χ1) is 14.7. The number of ether oxygens (including phenoxy) is 1. The molecule has 1 aliphatic heterocycles. The van der Waals surface area contributed by atoms with Crippen molar-refractivity contribution >= 4 is 27.5 Å². The molecule has 9 heteroatoms. The average Bonchev–Trinajstić information content (AvgIpc) is 3.23. The summed E-state index contributed by atoms with van der Waals surface area (Å²) < 4.78 is 32.5. The first-order valence-electron chi connectivity index (χ1n) is 10.0. The van der Waals surface area contributed by atoms with Crippen LogP contribution in [-0.4, -0.2) is 50.8 Å². The molecular weight excluding hydrogens is 418 g/mol. The van der Waals surface area contributed by atoms with E-state index in [1.54, 1.807) is 18.2 Å². The van der Waals surface area contributed by atoms with Crippen molar-refractivity contribution in [3.05, 3.63) is 53.6 Å². The Bertz CT molecular complexity index is 1070. The van der Waals surface area contributed by atoms with Crippen LogP contribution in [0.1, 0.15) is 24.0 Å². The molecular formula is C22H27N3O5S. The second-order valence-electron chi connectivity index (χ2n) is 7.57. The fraction of sp³-hybridized carbons (Fsp3) is 0.364. The van der Waals surface area contributed by atoms with Crippen molar-refractivity contribution in [1.82, 2.24) is 9.62 Å². The highest BCUT2D eigenvalue weighted by Gasteiger charge is 2.35. The van der Waals surface area contributed by atoms with E-state index in [9.17, 15) is 18.0 Å². The number of aryl methyl sites for hydroxylation is 2. The van der Waals surface area contributed by atoms with Gasteiger partial charge in [-0.05, 0) is 62.6 Å². The lowest BCUT2D eigenvalue weighted by Gasteiger charge is -2.24. The molecule has 1 saturated heterocycles. The fourth-order valence-electron chi connectivity index (χ4n) is 3.64. The summed E-state index contributed by atoms with van der Waals surface area (Å²) in [7, 11) is -2.20. The smallest absolute Gasteiger partial charge is 0.313 e. The standard InChI is InChI=1S/C22H27N3O5S/c1-15-6-11-20(16(2)13-15)24-22(27)21(26)23-14-17-5-4-12-25(17)31(28,29)19-9-7-18(30-3)8-10-19/h6-11,13,17H,4-5,12,14H2,1-3H3,(H,23,26)(H,24,27)/t17-/m0/s1. The van der Waals surface area contributed by atoms with Gasteiger partial charge in [0.1, 0.15) is 5.75 Å². The van der Waals surface area contributed by atoms with Crippen LogP contribution < -0.4 is 15.4 Å². The van der Waals surface area contributed by atoms with Crippen molar-refractivity contribution in [3.8, 4) is 5.75 Å². The zero-order valence-corrected chi connectivity index (χ0v) is 18.7. The third-order valence-corrected chi connectivity index (χ3v) is 7.29. The lowest BCUT2D eigenvalue weighted by molar-refractivity contribution is -0.136. The summed E-state index contributed by atoms with van der Waals surface area (Å²) in [5, 5.41) is 5.17. The SMILES string of the molecule is COc1ccc(S(=O)(=O)N2CCC[C@H]2CNC(=O)C(=O)Nc2ccc(C)cc2C)cc1. The minimum atomic E-state index is -3.71. The first kappa shape index (κ1) is 22.8. The van der Waals surface area contributed by atoms with Gasteiger partial charge in [0, 0.05) is 24.8 Å². The lowest BCUT2D eigenvalue weighted by atomic mass is 10.1. The summed E-state index contributed by atoms with van der Waals surface area (Å²) in [5.41, 5.74) is 2.48. The van der Waals surface area contributed by atoms with E-state index < -0.39 is 27.9 Å². The van der Waals surface area contributed by atoms with Crippen molar-refractivity contribution in [3.63, 3.8) is 0 Å². The van der Waals surface area contributed by atoms with Gasteiger partial charge < -0.3 is 15.4 Å². The average molecular weight is 446 g/mol. The molecule has 2 aromatic rings. The summed E-state index contributed by atoms with van der Waals surface area (Å²) in [6.45, 7) is 4.22. The fourth-order valence-corrected chi connectivity index (χ4v) is 5.33. The van der Waals surface area contributed by atoms with Crippen molar-refractivity contribution in [1.29, 1.82) is 0 Å². The van der Waals surface area contributed by atoms with Gasteiger partial charge in [-0.1, -0.05) is 17.7 Å². The quantitative estimate of drug-likeness (QED) is 0.664. The molecule has 0 saturated carbocycles. The second-order valence-corrected chi connectivity index (χ2v) is 9.46. The zero-order chi connectivity index (χ0) is 22.6. The Labute approximate surface area is 182 Å². The van der Waals surface area contributed by atoms with Crippen LogP contribution in [-0.2, 0) is 19.6 Å². The van der Waals surface area contributed by atoms with Crippen LogP contribution in [0.15, 0.2) is 47.4 Å². The Morgan fingerprint density at radius 3 is 2.45 bits per heavy atom. The molecule has 2 N–H and O–H groups in total. The molecule has 1 aliphatic rings. The van der Waals surface area contributed by atoms with Crippen molar-refractivity contribution in [2.45, 2.75) is 37.6 Å². The number of benzene rings is 2. The van der Waals surface area contributed by atoms with E-state index in [0.717, 1.165) is 11.1 Å². The lowest BCUT2D eigenvalue weighted by Crippen LogP contribution is -2.45. The number of rotatable bonds is 6. The van der Waals surface area contributed by atoms with Gasteiger partial charge in [0.05, 0.1) is 12.0 Å². The molecule has 166 valence electrons. The zero-order valence-electron chi connectivity index (χ0n) is 17.8. The number of amides is 2. The Kier molecular flexibility index (Phi) is 6.97. The Morgan fingerprint density at radius 2 is 1.81 bits per heavy atom. The van der Waals surface area contributed by atoms with Crippen molar-refractivity contribution in [2.24, 2.45) is 0 Å². The number of sulfonamides is 1. The number of carbonyl (C=O) groups is 2.